The zero-order valence-electron chi connectivity index (χ0n) is 17.3. The van der Waals surface area contributed by atoms with Crippen molar-refractivity contribution >= 4 is 5.91 Å². The van der Waals surface area contributed by atoms with Crippen molar-refractivity contribution < 1.29 is 18.4 Å². The van der Waals surface area contributed by atoms with Crippen molar-refractivity contribution in [2.24, 2.45) is 0 Å². The number of rotatable bonds is 7. The molecule has 0 bridgehead atoms. The van der Waals surface area contributed by atoms with Crippen molar-refractivity contribution in [1.29, 1.82) is 0 Å². The molecule has 0 aliphatic carbocycles. The van der Waals surface area contributed by atoms with Crippen LogP contribution in [0, 0.1) is 5.82 Å². The molecule has 1 atom stereocenters. The molecule has 0 N–H and O–H groups in total. The van der Waals surface area contributed by atoms with Gasteiger partial charge in [0, 0.05) is 19.5 Å². The summed E-state index contributed by atoms with van der Waals surface area (Å²) in [4.78, 5) is 21.4. The molecule has 1 amide bonds. The third-order valence-electron chi connectivity index (χ3n) is 5.84. The van der Waals surface area contributed by atoms with Gasteiger partial charge in [0.1, 0.15) is 11.6 Å². The van der Waals surface area contributed by atoms with E-state index < -0.39 is 0 Å². The van der Waals surface area contributed by atoms with Gasteiger partial charge in [-0.3, -0.25) is 9.69 Å². The maximum Gasteiger partial charge on any atom is 0.236 e. The van der Waals surface area contributed by atoms with Gasteiger partial charge in [0.2, 0.25) is 11.8 Å². The average molecular weight is 416 g/mol. The molecule has 2 fully saturated rings. The fourth-order valence-corrected chi connectivity index (χ4v) is 4.10. The van der Waals surface area contributed by atoms with Gasteiger partial charge < -0.3 is 14.2 Å². The predicted molar refractivity (Wildman–Crippen MR) is 109 cm³/mol. The van der Waals surface area contributed by atoms with Gasteiger partial charge in [0.15, 0.2) is 5.82 Å². The number of benzene rings is 1. The van der Waals surface area contributed by atoms with E-state index in [1.807, 2.05) is 4.90 Å². The Morgan fingerprint density at radius 3 is 2.67 bits per heavy atom. The van der Waals surface area contributed by atoms with Crippen LogP contribution in [0.2, 0.25) is 0 Å². The Labute approximate surface area is 176 Å². The molecule has 2 aliphatic heterocycles. The summed E-state index contributed by atoms with van der Waals surface area (Å²) in [6.07, 6.45) is 6.26. The first-order valence-corrected chi connectivity index (χ1v) is 10.9. The Balaban J connectivity index is 1.22. The van der Waals surface area contributed by atoms with Gasteiger partial charge in [-0.05, 0) is 56.6 Å². The Morgan fingerprint density at radius 2 is 1.90 bits per heavy atom. The number of hydrogen-bond acceptors (Lipinski definition) is 6. The van der Waals surface area contributed by atoms with Crippen molar-refractivity contribution in [3.05, 3.63) is 41.8 Å². The quantitative estimate of drug-likeness (QED) is 0.691. The molecule has 7 nitrogen and oxygen atoms in total. The molecule has 2 aromatic rings. The summed E-state index contributed by atoms with van der Waals surface area (Å²) in [6.45, 7) is 4.33. The van der Waals surface area contributed by atoms with Crippen LogP contribution in [0.1, 0.15) is 49.7 Å². The van der Waals surface area contributed by atoms with Crippen molar-refractivity contribution in [3.8, 4) is 5.75 Å². The monoisotopic (exact) mass is 416 g/mol. The number of ether oxygens (including phenoxy) is 1. The van der Waals surface area contributed by atoms with Crippen molar-refractivity contribution in [2.75, 3.05) is 39.3 Å². The molecule has 0 saturated carbocycles. The second-order valence-corrected chi connectivity index (χ2v) is 8.12. The van der Waals surface area contributed by atoms with Crippen LogP contribution in [0.4, 0.5) is 4.39 Å². The summed E-state index contributed by atoms with van der Waals surface area (Å²) < 4.78 is 24.0. The van der Waals surface area contributed by atoms with E-state index in [1.54, 1.807) is 12.1 Å². The summed E-state index contributed by atoms with van der Waals surface area (Å²) in [6, 6.07) is 5.91. The molecule has 8 heteroatoms. The fourth-order valence-electron chi connectivity index (χ4n) is 4.10. The molecule has 2 saturated heterocycles. The molecule has 0 radical (unpaired) electrons. The van der Waals surface area contributed by atoms with E-state index >= 15 is 0 Å². The summed E-state index contributed by atoms with van der Waals surface area (Å²) in [5.74, 6) is 1.79. The first-order chi connectivity index (χ1) is 14.7. The molecule has 162 valence electrons. The van der Waals surface area contributed by atoms with E-state index in [1.165, 1.54) is 37.8 Å². The normalized spacial score (nSPS) is 20.3. The van der Waals surface area contributed by atoms with Gasteiger partial charge in [-0.25, -0.2) is 4.39 Å². The summed E-state index contributed by atoms with van der Waals surface area (Å²) in [5, 5.41) is 4.04. The summed E-state index contributed by atoms with van der Waals surface area (Å²) in [7, 11) is 0. The molecule has 0 spiro atoms. The summed E-state index contributed by atoms with van der Waals surface area (Å²) in [5.41, 5.74) is 0. The van der Waals surface area contributed by atoms with Crippen LogP contribution < -0.4 is 4.74 Å². The van der Waals surface area contributed by atoms with Crippen LogP contribution >= 0.6 is 0 Å². The number of halogens is 1. The molecule has 4 rings (SSSR count). The first-order valence-electron chi connectivity index (χ1n) is 10.9. The number of amides is 1. The molecule has 1 unspecified atom stereocenters. The SMILES string of the molecule is O=C(CN1CCCCCC1)N1CCC(c2nc(CCOc3ccc(F)cc3)no2)C1. The van der Waals surface area contributed by atoms with Crippen LogP contribution in [0.25, 0.3) is 0 Å². The van der Waals surface area contributed by atoms with Gasteiger partial charge in [-0.15, -0.1) is 0 Å². The van der Waals surface area contributed by atoms with E-state index in [9.17, 15) is 9.18 Å². The number of hydrogen-bond donors (Lipinski definition) is 0. The maximum atomic E-state index is 12.9. The Bertz CT molecular complexity index is 818. The maximum absolute atomic E-state index is 12.9. The highest BCUT2D eigenvalue weighted by atomic mass is 19.1. The summed E-state index contributed by atoms with van der Waals surface area (Å²) >= 11 is 0. The molecular formula is C22H29FN4O3. The highest BCUT2D eigenvalue weighted by Crippen LogP contribution is 2.26. The Hall–Kier alpha value is -2.48. The highest BCUT2D eigenvalue weighted by Gasteiger charge is 2.31. The van der Waals surface area contributed by atoms with Crippen LogP contribution in [-0.2, 0) is 11.2 Å². The number of carbonyl (C=O) groups excluding carboxylic acids is 1. The third kappa shape index (κ3) is 5.56. The smallest absolute Gasteiger partial charge is 0.236 e. The first kappa shape index (κ1) is 20.8. The predicted octanol–water partition coefficient (Wildman–Crippen LogP) is 3.02. The lowest BCUT2D eigenvalue weighted by molar-refractivity contribution is -0.131. The zero-order chi connectivity index (χ0) is 20.8. The molecule has 2 aliphatic rings. The number of aromatic nitrogens is 2. The molecule has 3 heterocycles. The lowest BCUT2D eigenvalue weighted by atomic mass is 10.1. The Morgan fingerprint density at radius 1 is 1.13 bits per heavy atom. The van der Waals surface area contributed by atoms with E-state index in [4.69, 9.17) is 9.26 Å². The fraction of sp³-hybridized carbons (Fsp3) is 0.591. The third-order valence-corrected chi connectivity index (χ3v) is 5.84. The van der Waals surface area contributed by atoms with Gasteiger partial charge in [-0.2, -0.15) is 4.98 Å². The molecule has 1 aromatic carbocycles. The van der Waals surface area contributed by atoms with Crippen molar-refractivity contribution in [3.63, 3.8) is 0 Å². The van der Waals surface area contributed by atoms with Gasteiger partial charge in [-0.1, -0.05) is 18.0 Å². The second-order valence-electron chi connectivity index (χ2n) is 8.12. The zero-order valence-corrected chi connectivity index (χ0v) is 17.3. The highest BCUT2D eigenvalue weighted by molar-refractivity contribution is 5.78. The topological polar surface area (TPSA) is 71.7 Å². The van der Waals surface area contributed by atoms with E-state index in [-0.39, 0.29) is 17.6 Å². The minimum atomic E-state index is -0.291. The minimum Gasteiger partial charge on any atom is -0.493 e. The number of nitrogens with zero attached hydrogens (tertiary/aromatic N) is 4. The van der Waals surface area contributed by atoms with E-state index in [0.717, 1.165) is 26.1 Å². The molecule has 30 heavy (non-hydrogen) atoms. The van der Waals surface area contributed by atoms with E-state index in [0.29, 0.717) is 43.6 Å². The number of likely N-dealkylation sites (tertiary alicyclic amines) is 2. The van der Waals surface area contributed by atoms with Gasteiger partial charge in [0.25, 0.3) is 0 Å². The van der Waals surface area contributed by atoms with Crippen LogP contribution in [0.3, 0.4) is 0 Å². The van der Waals surface area contributed by atoms with Crippen molar-refractivity contribution in [2.45, 2.75) is 44.4 Å². The molecule has 1 aromatic heterocycles. The lowest BCUT2D eigenvalue weighted by Crippen LogP contribution is -2.39. The van der Waals surface area contributed by atoms with Crippen LogP contribution in [0.5, 0.6) is 5.75 Å². The lowest BCUT2D eigenvalue weighted by Gasteiger charge is -2.23. The largest absolute Gasteiger partial charge is 0.493 e. The van der Waals surface area contributed by atoms with Crippen LogP contribution in [-0.4, -0.2) is 65.2 Å². The Kier molecular flexibility index (Phi) is 6.94. The average Bonchev–Trinajstić information content (AvgIpc) is 3.35. The number of carbonyl (C=O) groups is 1. The van der Waals surface area contributed by atoms with Crippen LogP contribution in [0.15, 0.2) is 28.8 Å². The standard InChI is InChI=1S/C22H29FN4O3/c23-18-5-7-19(8-6-18)29-14-10-20-24-22(30-25-20)17-9-13-27(15-17)21(28)16-26-11-3-1-2-4-12-26/h5-8,17H,1-4,9-16H2. The van der Waals surface area contributed by atoms with Gasteiger partial charge in [0.05, 0.1) is 19.1 Å². The minimum absolute atomic E-state index is 0.0948. The van der Waals surface area contributed by atoms with Crippen molar-refractivity contribution in [1.82, 2.24) is 19.9 Å². The second kappa shape index (κ2) is 10.0. The van der Waals surface area contributed by atoms with E-state index in [2.05, 4.69) is 15.0 Å². The van der Waals surface area contributed by atoms with Gasteiger partial charge >= 0.3 is 0 Å². The molecular weight excluding hydrogens is 387 g/mol.